The quantitative estimate of drug-likeness (QED) is 0.164. The summed E-state index contributed by atoms with van der Waals surface area (Å²) in [6, 6.07) is 34.7. The third-order valence-corrected chi connectivity index (χ3v) is 8.77. The molecule has 0 radical (unpaired) electrons. The Kier molecular flexibility index (Phi) is 8.78. The molecule has 1 N–H and O–H groups in total. The van der Waals surface area contributed by atoms with Crippen molar-refractivity contribution in [1.82, 2.24) is 30.0 Å². The number of carbonyl (C=O) groups is 1. The minimum atomic E-state index is -0.159. The van der Waals surface area contributed by atoms with E-state index in [0.29, 0.717) is 18.0 Å². The molecule has 0 aliphatic carbocycles. The number of thioether (sulfide) groups is 1. The topological polar surface area (TPSA) is 85.6 Å². The van der Waals surface area contributed by atoms with Crippen molar-refractivity contribution >= 4 is 29.0 Å². The number of nitrogens with zero attached hydrogens (tertiary/aromatic N) is 5. The Labute approximate surface area is 252 Å². The molecule has 0 fully saturated rings. The lowest BCUT2D eigenvalue weighted by Gasteiger charge is -2.18. The molecule has 0 saturated heterocycles. The third-order valence-electron chi connectivity index (χ3n) is 6.80. The predicted molar refractivity (Wildman–Crippen MR) is 168 cm³/mol. The average molecular weight is 589 g/mol. The first-order valence-corrected chi connectivity index (χ1v) is 15.5. The Hall–Kier alpha value is -4.60. The van der Waals surface area contributed by atoms with Crippen LogP contribution in [0.2, 0.25) is 0 Å². The van der Waals surface area contributed by atoms with Gasteiger partial charge < -0.3 is 5.32 Å². The minimum Gasteiger partial charge on any atom is -0.351 e. The Morgan fingerprint density at radius 2 is 1.55 bits per heavy atom. The van der Waals surface area contributed by atoms with Crippen molar-refractivity contribution in [3.05, 3.63) is 143 Å². The highest BCUT2D eigenvalue weighted by Crippen LogP contribution is 2.30. The van der Waals surface area contributed by atoms with Crippen LogP contribution in [0.15, 0.2) is 126 Å². The number of nitrogens with one attached hydrogen (secondary N) is 1. The molecule has 208 valence electrons. The normalized spacial score (nSPS) is 11.1. The van der Waals surface area contributed by atoms with E-state index in [4.69, 9.17) is 0 Å². The number of hydrogen-bond acceptors (Lipinski definition) is 7. The number of amides is 1. The van der Waals surface area contributed by atoms with Gasteiger partial charge in [-0.25, -0.2) is 4.98 Å². The molecule has 0 saturated carbocycles. The Morgan fingerprint density at radius 3 is 2.21 bits per heavy atom. The summed E-state index contributed by atoms with van der Waals surface area (Å²) in [5.41, 5.74) is 4.76. The van der Waals surface area contributed by atoms with E-state index in [1.54, 1.807) is 12.4 Å². The van der Waals surface area contributed by atoms with Crippen LogP contribution in [0.5, 0.6) is 0 Å². The maximum atomic E-state index is 13.0. The molecule has 0 spiro atoms. The summed E-state index contributed by atoms with van der Waals surface area (Å²) < 4.78 is 2.03. The van der Waals surface area contributed by atoms with Gasteiger partial charge in [0, 0.05) is 41.5 Å². The van der Waals surface area contributed by atoms with Gasteiger partial charge in [-0.15, -0.1) is 21.5 Å². The van der Waals surface area contributed by atoms with Crippen molar-refractivity contribution in [2.75, 3.05) is 6.54 Å². The Bertz CT molecular complexity index is 1680. The predicted octanol–water partition coefficient (Wildman–Crippen LogP) is 7.03. The van der Waals surface area contributed by atoms with Gasteiger partial charge in [-0.3, -0.25) is 14.3 Å². The van der Waals surface area contributed by atoms with Gasteiger partial charge in [0.05, 0.1) is 5.75 Å². The van der Waals surface area contributed by atoms with Crippen LogP contribution in [-0.4, -0.2) is 37.2 Å². The lowest BCUT2D eigenvalue weighted by atomic mass is 9.88. The Morgan fingerprint density at radius 1 is 0.857 bits per heavy atom. The van der Waals surface area contributed by atoms with E-state index >= 15 is 0 Å². The lowest BCUT2D eigenvalue weighted by Crippen LogP contribution is -2.26. The van der Waals surface area contributed by atoms with Crippen LogP contribution in [0.4, 0.5) is 0 Å². The van der Waals surface area contributed by atoms with Gasteiger partial charge in [0.1, 0.15) is 10.7 Å². The van der Waals surface area contributed by atoms with Gasteiger partial charge in [-0.1, -0.05) is 90.6 Å². The monoisotopic (exact) mass is 588 g/mol. The van der Waals surface area contributed by atoms with E-state index in [1.807, 2.05) is 64.5 Å². The summed E-state index contributed by atoms with van der Waals surface area (Å²) in [6.07, 6.45) is 4.32. The molecular weight excluding hydrogens is 561 g/mol. The zero-order chi connectivity index (χ0) is 28.6. The molecule has 6 aromatic rings. The second-order valence-corrected chi connectivity index (χ2v) is 11.4. The molecule has 3 aromatic carbocycles. The van der Waals surface area contributed by atoms with Gasteiger partial charge in [-0.05, 0) is 41.8 Å². The van der Waals surface area contributed by atoms with E-state index in [2.05, 4.69) is 74.0 Å². The van der Waals surface area contributed by atoms with Crippen LogP contribution in [-0.2, 0) is 5.75 Å². The van der Waals surface area contributed by atoms with Crippen LogP contribution in [0, 0.1) is 0 Å². The second-order valence-electron chi connectivity index (χ2n) is 9.55. The number of hydrogen-bond donors (Lipinski definition) is 1. The first-order chi connectivity index (χ1) is 20.8. The molecule has 3 heterocycles. The number of thiazole rings is 1. The number of para-hydroxylation sites is 1. The molecule has 7 nitrogen and oxygen atoms in total. The number of pyridine rings is 1. The summed E-state index contributed by atoms with van der Waals surface area (Å²) in [4.78, 5) is 21.9. The smallest absolute Gasteiger partial charge is 0.270 e. The van der Waals surface area contributed by atoms with Gasteiger partial charge in [0.25, 0.3) is 5.91 Å². The fraction of sp³-hybridized carbons (Fsp3) is 0.121. The van der Waals surface area contributed by atoms with Gasteiger partial charge in [-0.2, -0.15) is 0 Å². The first-order valence-electron chi connectivity index (χ1n) is 13.6. The molecule has 0 aliphatic rings. The minimum absolute atomic E-state index is 0.159. The van der Waals surface area contributed by atoms with Gasteiger partial charge in [0.15, 0.2) is 11.0 Å². The summed E-state index contributed by atoms with van der Waals surface area (Å²) >= 11 is 3.01. The molecule has 3 aromatic heterocycles. The maximum Gasteiger partial charge on any atom is 0.270 e. The van der Waals surface area contributed by atoms with E-state index < -0.39 is 0 Å². The van der Waals surface area contributed by atoms with Crippen molar-refractivity contribution in [2.24, 2.45) is 0 Å². The van der Waals surface area contributed by atoms with Gasteiger partial charge >= 0.3 is 0 Å². The molecule has 1 amide bonds. The standard InChI is InChI=1S/C33H28N6OS2/c40-32(35-20-18-28(24-11-4-1-5-12-24)25-13-6-2-7-14-25)29-22-41-30(36-29)23-42-33-38-37-31(26-15-10-19-34-21-26)39(33)27-16-8-3-9-17-27/h1-17,19,21-22,28H,18,20,23H2,(H,35,40). The zero-order valence-corrected chi connectivity index (χ0v) is 24.3. The fourth-order valence-corrected chi connectivity index (χ4v) is 6.52. The number of aromatic nitrogens is 5. The number of carbonyl (C=O) groups excluding carboxylic acids is 1. The highest BCUT2D eigenvalue weighted by molar-refractivity contribution is 7.98. The molecule has 6 rings (SSSR count). The Balaban J connectivity index is 1.11. The summed E-state index contributed by atoms with van der Waals surface area (Å²) in [7, 11) is 0. The molecule has 0 atom stereocenters. The third kappa shape index (κ3) is 6.48. The van der Waals surface area contributed by atoms with Crippen LogP contribution in [0.1, 0.15) is 39.0 Å². The highest BCUT2D eigenvalue weighted by Gasteiger charge is 2.19. The molecule has 9 heteroatoms. The van der Waals surface area contributed by atoms with E-state index in [-0.39, 0.29) is 11.8 Å². The fourth-order valence-electron chi connectivity index (χ4n) is 4.78. The first kappa shape index (κ1) is 27.6. The van der Waals surface area contributed by atoms with Crippen molar-refractivity contribution in [3.8, 4) is 17.1 Å². The lowest BCUT2D eigenvalue weighted by molar-refractivity contribution is 0.0948. The molecule has 0 aliphatic heterocycles. The van der Waals surface area contributed by atoms with Crippen LogP contribution in [0.3, 0.4) is 0 Å². The molecule has 42 heavy (non-hydrogen) atoms. The summed E-state index contributed by atoms with van der Waals surface area (Å²) in [5, 5.41) is 15.4. The van der Waals surface area contributed by atoms with Crippen LogP contribution in [0.25, 0.3) is 17.1 Å². The maximum absolute atomic E-state index is 13.0. The largest absolute Gasteiger partial charge is 0.351 e. The van der Waals surface area contributed by atoms with Crippen LogP contribution < -0.4 is 5.32 Å². The average Bonchev–Trinajstić information content (AvgIpc) is 3.71. The van der Waals surface area contributed by atoms with Crippen molar-refractivity contribution in [2.45, 2.75) is 23.2 Å². The molecule has 0 bridgehead atoms. The van der Waals surface area contributed by atoms with Crippen molar-refractivity contribution in [1.29, 1.82) is 0 Å². The molecule has 0 unspecified atom stereocenters. The van der Waals surface area contributed by atoms with Crippen LogP contribution >= 0.6 is 23.1 Å². The van der Waals surface area contributed by atoms with Gasteiger partial charge in [0.2, 0.25) is 0 Å². The van der Waals surface area contributed by atoms with E-state index in [0.717, 1.165) is 33.7 Å². The summed E-state index contributed by atoms with van der Waals surface area (Å²) in [5.74, 6) is 1.34. The summed E-state index contributed by atoms with van der Waals surface area (Å²) in [6.45, 7) is 0.548. The van der Waals surface area contributed by atoms with Crippen molar-refractivity contribution < 1.29 is 4.79 Å². The van der Waals surface area contributed by atoms with E-state index in [1.165, 1.54) is 34.2 Å². The number of benzene rings is 3. The molecular formula is C33H28N6OS2. The zero-order valence-electron chi connectivity index (χ0n) is 22.7. The number of rotatable bonds is 11. The highest BCUT2D eigenvalue weighted by atomic mass is 32.2. The van der Waals surface area contributed by atoms with Crippen molar-refractivity contribution in [3.63, 3.8) is 0 Å². The van der Waals surface area contributed by atoms with E-state index in [9.17, 15) is 4.79 Å². The SMILES string of the molecule is O=C(NCCC(c1ccccc1)c1ccccc1)c1csc(CSc2nnc(-c3cccnc3)n2-c2ccccc2)n1. The second kappa shape index (κ2) is 13.4.